The van der Waals surface area contributed by atoms with Crippen LogP contribution in [0.15, 0.2) is 15.2 Å². The largest absolute Gasteiger partial charge is 0.444 e. The van der Waals surface area contributed by atoms with Gasteiger partial charge >= 0.3 is 0 Å². The SMILES string of the molecule is Cc1cc(C(=O)NC(C)(C)C2CCCCO2)oc1Br. The van der Waals surface area contributed by atoms with Gasteiger partial charge in [0.25, 0.3) is 5.91 Å². The number of nitrogens with one attached hydrogen (secondary N) is 1. The van der Waals surface area contributed by atoms with Crippen LogP contribution >= 0.6 is 15.9 Å². The minimum Gasteiger partial charge on any atom is -0.444 e. The lowest BCUT2D eigenvalue weighted by Gasteiger charge is -2.37. The van der Waals surface area contributed by atoms with E-state index in [4.69, 9.17) is 9.15 Å². The van der Waals surface area contributed by atoms with E-state index in [-0.39, 0.29) is 12.0 Å². The van der Waals surface area contributed by atoms with Gasteiger partial charge in [0.15, 0.2) is 10.4 Å². The Balaban J connectivity index is 2.04. The second-order valence-electron chi connectivity index (χ2n) is 5.60. The van der Waals surface area contributed by atoms with Gasteiger partial charge in [-0.3, -0.25) is 4.79 Å². The highest BCUT2D eigenvalue weighted by molar-refractivity contribution is 9.10. The summed E-state index contributed by atoms with van der Waals surface area (Å²) in [6, 6.07) is 1.73. The Morgan fingerprint density at radius 1 is 1.47 bits per heavy atom. The van der Waals surface area contributed by atoms with Crippen molar-refractivity contribution in [3.05, 3.63) is 22.1 Å². The molecule has 1 saturated heterocycles. The van der Waals surface area contributed by atoms with Gasteiger partial charge in [0, 0.05) is 12.2 Å². The van der Waals surface area contributed by atoms with Crippen LogP contribution in [0.1, 0.15) is 49.2 Å². The molecule has 0 radical (unpaired) electrons. The summed E-state index contributed by atoms with van der Waals surface area (Å²) in [7, 11) is 0. The molecular formula is C14H20BrNO3. The summed E-state index contributed by atoms with van der Waals surface area (Å²) in [4.78, 5) is 12.2. The van der Waals surface area contributed by atoms with E-state index >= 15 is 0 Å². The molecule has 106 valence electrons. The average Bonchev–Trinajstić information content (AvgIpc) is 2.70. The summed E-state index contributed by atoms with van der Waals surface area (Å²) in [6.45, 7) is 6.65. The van der Waals surface area contributed by atoms with Crippen molar-refractivity contribution in [2.24, 2.45) is 0 Å². The first kappa shape index (κ1) is 14.6. The van der Waals surface area contributed by atoms with Crippen molar-refractivity contribution in [2.45, 2.75) is 51.7 Å². The van der Waals surface area contributed by atoms with E-state index in [1.807, 2.05) is 20.8 Å². The minimum absolute atomic E-state index is 0.0599. The summed E-state index contributed by atoms with van der Waals surface area (Å²) < 4.78 is 11.7. The number of amides is 1. The Hall–Kier alpha value is -0.810. The van der Waals surface area contributed by atoms with Crippen molar-refractivity contribution >= 4 is 21.8 Å². The number of aryl methyl sites for hydroxylation is 1. The lowest BCUT2D eigenvalue weighted by atomic mass is 9.91. The summed E-state index contributed by atoms with van der Waals surface area (Å²) in [5.41, 5.74) is 0.516. The standard InChI is InChI=1S/C14H20BrNO3/c1-9-8-10(19-12(9)15)13(17)16-14(2,3)11-6-4-5-7-18-11/h8,11H,4-7H2,1-3H3,(H,16,17). The summed E-state index contributed by atoms with van der Waals surface area (Å²) in [6.07, 6.45) is 3.29. The lowest BCUT2D eigenvalue weighted by molar-refractivity contribution is -0.0320. The first-order valence-corrected chi connectivity index (χ1v) is 7.39. The smallest absolute Gasteiger partial charge is 0.287 e. The van der Waals surface area contributed by atoms with Crippen molar-refractivity contribution in [1.82, 2.24) is 5.32 Å². The van der Waals surface area contributed by atoms with Crippen LogP contribution in [0.5, 0.6) is 0 Å². The molecule has 2 rings (SSSR count). The molecule has 1 fully saturated rings. The molecule has 1 unspecified atom stereocenters. The number of hydrogen-bond donors (Lipinski definition) is 1. The first-order valence-electron chi connectivity index (χ1n) is 6.60. The van der Waals surface area contributed by atoms with Gasteiger partial charge in [0.1, 0.15) is 0 Å². The first-order chi connectivity index (χ1) is 8.90. The number of hydrogen-bond acceptors (Lipinski definition) is 3. The zero-order valence-corrected chi connectivity index (χ0v) is 13.2. The van der Waals surface area contributed by atoms with E-state index in [1.54, 1.807) is 6.07 Å². The van der Waals surface area contributed by atoms with Crippen molar-refractivity contribution in [3.8, 4) is 0 Å². The third-order valence-electron chi connectivity index (χ3n) is 3.50. The predicted molar refractivity (Wildman–Crippen MR) is 76.3 cm³/mol. The highest BCUT2D eigenvalue weighted by Gasteiger charge is 2.34. The van der Waals surface area contributed by atoms with Crippen molar-refractivity contribution in [1.29, 1.82) is 0 Å². The Labute approximate surface area is 122 Å². The second-order valence-corrected chi connectivity index (χ2v) is 6.32. The van der Waals surface area contributed by atoms with Gasteiger partial charge in [-0.2, -0.15) is 0 Å². The van der Waals surface area contributed by atoms with Gasteiger partial charge in [-0.25, -0.2) is 0 Å². The number of rotatable bonds is 3. The quantitative estimate of drug-likeness (QED) is 0.924. The molecule has 19 heavy (non-hydrogen) atoms. The van der Waals surface area contributed by atoms with E-state index in [9.17, 15) is 4.79 Å². The van der Waals surface area contributed by atoms with Crippen LogP contribution in [0.4, 0.5) is 0 Å². The predicted octanol–water partition coefficient (Wildman–Crippen LogP) is 3.43. The Morgan fingerprint density at radius 2 is 2.21 bits per heavy atom. The van der Waals surface area contributed by atoms with Crippen molar-refractivity contribution in [3.63, 3.8) is 0 Å². The maximum atomic E-state index is 12.2. The molecule has 1 amide bonds. The molecule has 0 aliphatic carbocycles. The van der Waals surface area contributed by atoms with Crippen LogP contribution in [0.25, 0.3) is 0 Å². The molecule has 5 heteroatoms. The third kappa shape index (κ3) is 3.39. The molecule has 1 aliphatic rings. The second kappa shape index (κ2) is 5.67. The molecule has 1 aliphatic heterocycles. The lowest BCUT2D eigenvalue weighted by Crippen LogP contribution is -2.53. The fraction of sp³-hybridized carbons (Fsp3) is 0.643. The van der Waals surface area contributed by atoms with Crippen LogP contribution in [-0.2, 0) is 4.74 Å². The Morgan fingerprint density at radius 3 is 2.74 bits per heavy atom. The highest BCUT2D eigenvalue weighted by atomic mass is 79.9. The monoisotopic (exact) mass is 329 g/mol. The Bertz CT molecular complexity index is 442. The van der Waals surface area contributed by atoms with Gasteiger partial charge in [-0.1, -0.05) is 0 Å². The number of halogens is 1. The van der Waals surface area contributed by atoms with E-state index in [2.05, 4.69) is 21.2 Å². The van der Waals surface area contributed by atoms with Crippen LogP contribution in [0, 0.1) is 6.92 Å². The van der Waals surface area contributed by atoms with E-state index in [1.165, 1.54) is 0 Å². The minimum atomic E-state index is -0.398. The van der Waals surface area contributed by atoms with Crippen molar-refractivity contribution in [2.75, 3.05) is 6.61 Å². The molecule has 0 aromatic carbocycles. The molecule has 1 N–H and O–H groups in total. The zero-order valence-electron chi connectivity index (χ0n) is 11.6. The molecule has 1 atom stereocenters. The molecule has 1 aromatic rings. The fourth-order valence-corrected chi connectivity index (χ4v) is 2.61. The molecular weight excluding hydrogens is 310 g/mol. The number of carbonyl (C=O) groups excluding carboxylic acids is 1. The molecule has 0 saturated carbocycles. The fourth-order valence-electron chi connectivity index (χ4n) is 2.32. The zero-order chi connectivity index (χ0) is 14.0. The van der Waals surface area contributed by atoms with Crippen molar-refractivity contribution < 1.29 is 13.9 Å². The average molecular weight is 330 g/mol. The number of carbonyl (C=O) groups is 1. The summed E-state index contributed by atoms with van der Waals surface area (Å²) >= 11 is 3.27. The van der Waals surface area contributed by atoms with Crippen LogP contribution < -0.4 is 5.32 Å². The topological polar surface area (TPSA) is 51.5 Å². The molecule has 0 bridgehead atoms. The number of furan rings is 1. The van der Waals surface area contributed by atoms with Crippen LogP contribution in [-0.4, -0.2) is 24.2 Å². The number of ether oxygens (including phenoxy) is 1. The summed E-state index contributed by atoms with van der Waals surface area (Å²) in [5, 5.41) is 3.00. The third-order valence-corrected chi connectivity index (χ3v) is 4.29. The maximum absolute atomic E-state index is 12.2. The Kier molecular flexibility index (Phi) is 4.36. The van der Waals surface area contributed by atoms with E-state index in [0.717, 1.165) is 31.4 Å². The molecule has 4 nitrogen and oxygen atoms in total. The molecule has 0 spiro atoms. The van der Waals surface area contributed by atoms with Gasteiger partial charge in [0.2, 0.25) is 0 Å². The maximum Gasteiger partial charge on any atom is 0.287 e. The van der Waals surface area contributed by atoms with Crippen LogP contribution in [0.2, 0.25) is 0 Å². The van der Waals surface area contributed by atoms with Gasteiger partial charge in [-0.05, 0) is 62.0 Å². The van der Waals surface area contributed by atoms with E-state index in [0.29, 0.717) is 10.4 Å². The normalized spacial score (nSPS) is 20.3. The summed E-state index contributed by atoms with van der Waals surface area (Å²) in [5.74, 6) is 0.126. The van der Waals surface area contributed by atoms with Crippen LogP contribution in [0.3, 0.4) is 0 Å². The van der Waals surface area contributed by atoms with Gasteiger partial charge in [0.05, 0.1) is 11.6 Å². The molecule has 1 aromatic heterocycles. The van der Waals surface area contributed by atoms with E-state index < -0.39 is 5.54 Å². The van der Waals surface area contributed by atoms with Gasteiger partial charge < -0.3 is 14.5 Å². The highest BCUT2D eigenvalue weighted by Crippen LogP contribution is 2.25. The molecule has 2 heterocycles. The van der Waals surface area contributed by atoms with Gasteiger partial charge in [-0.15, -0.1) is 0 Å².